The molecule has 0 aromatic carbocycles. The molecule has 0 bridgehead atoms. The number of aliphatic hydroxyl groups excluding tert-OH is 1. The fourth-order valence-corrected chi connectivity index (χ4v) is 1.66. The van der Waals surface area contributed by atoms with Crippen molar-refractivity contribution in [3.8, 4) is 0 Å². The van der Waals surface area contributed by atoms with Gasteiger partial charge in [-0.25, -0.2) is 0 Å². The second kappa shape index (κ2) is 2.98. The third-order valence-electron chi connectivity index (χ3n) is 3.05. The molecule has 0 spiro atoms. The van der Waals surface area contributed by atoms with Gasteiger partial charge < -0.3 is 15.3 Å². The smallest absolute Gasteiger partial charge is 0.0879 e. The summed E-state index contributed by atoms with van der Waals surface area (Å²) in [7, 11) is 0. The molecule has 0 aliphatic heterocycles. The molecule has 0 heterocycles. The summed E-state index contributed by atoms with van der Waals surface area (Å²) in [5, 5.41) is 28.9. The van der Waals surface area contributed by atoms with E-state index >= 15 is 0 Å². The molecule has 1 fully saturated rings. The standard InChI is InChI=1S/C9H18O3/c1-3-9(12)5-4-8(2,11)7(10)6-9/h7,10-12H,3-6H2,1-2H3. The van der Waals surface area contributed by atoms with Crippen molar-refractivity contribution >= 4 is 0 Å². The van der Waals surface area contributed by atoms with E-state index in [0.717, 1.165) is 0 Å². The van der Waals surface area contributed by atoms with E-state index in [2.05, 4.69) is 0 Å². The molecular formula is C9H18O3. The van der Waals surface area contributed by atoms with Crippen LogP contribution in [0.2, 0.25) is 0 Å². The molecular weight excluding hydrogens is 156 g/mol. The second-order valence-electron chi connectivity index (χ2n) is 4.15. The van der Waals surface area contributed by atoms with E-state index < -0.39 is 17.3 Å². The van der Waals surface area contributed by atoms with Crippen molar-refractivity contribution in [3.05, 3.63) is 0 Å². The SMILES string of the molecule is CCC1(O)CCC(C)(O)C(O)C1. The van der Waals surface area contributed by atoms with Crippen LogP contribution in [0.15, 0.2) is 0 Å². The largest absolute Gasteiger partial charge is 0.390 e. The Morgan fingerprint density at radius 1 is 1.33 bits per heavy atom. The zero-order valence-corrected chi connectivity index (χ0v) is 7.75. The maximum Gasteiger partial charge on any atom is 0.0879 e. The Labute approximate surface area is 73.0 Å². The van der Waals surface area contributed by atoms with Crippen molar-refractivity contribution in [1.82, 2.24) is 0 Å². The van der Waals surface area contributed by atoms with Crippen LogP contribution in [0.25, 0.3) is 0 Å². The Hall–Kier alpha value is -0.120. The van der Waals surface area contributed by atoms with E-state index in [1.54, 1.807) is 6.92 Å². The molecule has 12 heavy (non-hydrogen) atoms. The number of rotatable bonds is 1. The molecule has 0 radical (unpaired) electrons. The van der Waals surface area contributed by atoms with Crippen LogP contribution in [-0.2, 0) is 0 Å². The Balaban J connectivity index is 2.63. The van der Waals surface area contributed by atoms with Crippen molar-refractivity contribution in [2.75, 3.05) is 0 Å². The highest BCUT2D eigenvalue weighted by Crippen LogP contribution is 2.36. The summed E-state index contributed by atoms with van der Waals surface area (Å²) in [6.45, 7) is 3.51. The van der Waals surface area contributed by atoms with E-state index in [1.165, 1.54) is 0 Å². The van der Waals surface area contributed by atoms with Crippen LogP contribution in [0, 0.1) is 0 Å². The summed E-state index contributed by atoms with van der Waals surface area (Å²) in [6, 6.07) is 0. The lowest BCUT2D eigenvalue weighted by Crippen LogP contribution is -2.51. The summed E-state index contributed by atoms with van der Waals surface area (Å²) >= 11 is 0. The molecule has 3 atom stereocenters. The third-order valence-corrected chi connectivity index (χ3v) is 3.05. The van der Waals surface area contributed by atoms with Crippen LogP contribution >= 0.6 is 0 Å². The molecule has 3 unspecified atom stereocenters. The van der Waals surface area contributed by atoms with Crippen LogP contribution in [0.3, 0.4) is 0 Å². The second-order valence-corrected chi connectivity index (χ2v) is 4.15. The molecule has 0 saturated heterocycles. The molecule has 3 nitrogen and oxygen atoms in total. The topological polar surface area (TPSA) is 60.7 Å². The van der Waals surface area contributed by atoms with E-state index in [0.29, 0.717) is 19.3 Å². The van der Waals surface area contributed by atoms with Crippen LogP contribution in [0.1, 0.15) is 39.5 Å². The van der Waals surface area contributed by atoms with Crippen molar-refractivity contribution < 1.29 is 15.3 Å². The van der Waals surface area contributed by atoms with Crippen molar-refractivity contribution in [3.63, 3.8) is 0 Å². The number of hydrogen-bond donors (Lipinski definition) is 3. The quantitative estimate of drug-likeness (QED) is 0.540. The van der Waals surface area contributed by atoms with E-state index in [1.807, 2.05) is 6.92 Å². The molecule has 1 saturated carbocycles. The van der Waals surface area contributed by atoms with Gasteiger partial charge in [0.05, 0.1) is 17.3 Å². The molecule has 0 amide bonds. The monoisotopic (exact) mass is 174 g/mol. The van der Waals surface area contributed by atoms with Crippen LogP contribution in [0.5, 0.6) is 0 Å². The first-order valence-corrected chi connectivity index (χ1v) is 4.52. The van der Waals surface area contributed by atoms with Gasteiger partial charge in [0, 0.05) is 6.42 Å². The highest BCUT2D eigenvalue weighted by molar-refractivity contribution is 4.96. The summed E-state index contributed by atoms with van der Waals surface area (Å²) in [4.78, 5) is 0. The van der Waals surface area contributed by atoms with Gasteiger partial charge in [0.2, 0.25) is 0 Å². The summed E-state index contributed by atoms with van der Waals surface area (Å²) in [5.74, 6) is 0. The molecule has 0 aromatic rings. The Morgan fingerprint density at radius 2 is 1.92 bits per heavy atom. The Kier molecular flexibility index (Phi) is 2.47. The minimum absolute atomic E-state index is 0.288. The first-order chi connectivity index (χ1) is 5.40. The van der Waals surface area contributed by atoms with Crippen molar-refractivity contribution in [2.45, 2.75) is 56.8 Å². The average Bonchev–Trinajstić information content (AvgIpc) is 1.99. The van der Waals surface area contributed by atoms with Crippen molar-refractivity contribution in [1.29, 1.82) is 0 Å². The summed E-state index contributed by atoms with van der Waals surface area (Å²) in [6.07, 6.45) is 1.18. The first-order valence-electron chi connectivity index (χ1n) is 4.52. The lowest BCUT2D eigenvalue weighted by atomic mass is 9.74. The van der Waals surface area contributed by atoms with Gasteiger partial charge in [-0.05, 0) is 26.2 Å². The zero-order valence-electron chi connectivity index (χ0n) is 7.75. The molecule has 1 rings (SSSR count). The Bertz CT molecular complexity index is 167. The molecule has 72 valence electrons. The Morgan fingerprint density at radius 3 is 2.33 bits per heavy atom. The first kappa shape index (κ1) is 9.96. The normalized spacial score (nSPS) is 49.2. The van der Waals surface area contributed by atoms with Gasteiger partial charge >= 0.3 is 0 Å². The lowest BCUT2D eigenvalue weighted by molar-refractivity contribution is -0.148. The molecule has 3 N–H and O–H groups in total. The number of aliphatic hydroxyl groups is 3. The lowest BCUT2D eigenvalue weighted by Gasteiger charge is -2.42. The van der Waals surface area contributed by atoms with Gasteiger partial charge in [0.25, 0.3) is 0 Å². The fourth-order valence-electron chi connectivity index (χ4n) is 1.66. The van der Waals surface area contributed by atoms with Gasteiger partial charge in [0.15, 0.2) is 0 Å². The third kappa shape index (κ3) is 1.79. The van der Waals surface area contributed by atoms with Gasteiger partial charge in [-0.15, -0.1) is 0 Å². The zero-order chi connectivity index (χ0) is 9.41. The van der Waals surface area contributed by atoms with Crippen molar-refractivity contribution in [2.24, 2.45) is 0 Å². The van der Waals surface area contributed by atoms with Crippen LogP contribution < -0.4 is 0 Å². The van der Waals surface area contributed by atoms with Crippen LogP contribution in [0.4, 0.5) is 0 Å². The van der Waals surface area contributed by atoms with Gasteiger partial charge in [0.1, 0.15) is 0 Å². The number of hydrogen-bond acceptors (Lipinski definition) is 3. The average molecular weight is 174 g/mol. The fraction of sp³-hybridized carbons (Fsp3) is 1.00. The molecule has 1 aliphatic carbocycles. The highest BCUT2D eigenvalue weighted by atomic mass is 16.3. The van der Waals surface area contributed by atoms with Gasteiger partial charge in [-0.3, -0.25) is 0 Å². The van der Waals surface area contributed by atoms with E-state index in [-0.39, 0.29) is 6.42 Å². The maximum absolute atomic E-state index is 9.81. The highest BCUT2D eigenvalue weighted by Gasteiger charge is 2.43. The van der Waals surface area contributed by atoms with Gasteiger partial charge in [-0.2, -0.15) is 0 Å². The molecule has 1 aliphatic rings. The predicted molar refractivity (Wildman–Crippen MR) is 45.7 cm³/mol. The summed E-state index contributed by atoms with van der Waals surface area (Å²) in [5.41, 5.74) is -1.77. The minimum Gasteiger partial charge on any atom is -0.390 e. The minimum atomic E-state index is -1.01. The van der Waals surface area contributed by atoms with E-state index in [4.69, 9.17) is 0 Å². The summed E-state index contributed by atoms with van der Waals surface area (Å²) < 4.78 is 0. The van der Waals surface area contributed by atoms with E-state index in [9.17, 15) is 15.3 Å². The predicted octanol–water partition coefficient (Wildman–Crippen LogP) is 0.423. The molecule has 0 aromatic heterocycles. The maximum atomic E-state index is 9.81. The van der Waals surface area contributed by atoms with Crippen LogP contribution in [-0.4, -0.2) is 32.6 Å². The van der Waals surface area contributed by atoms with Gasteiger partial charge in [-0.1, -0.05) is 6.92 Å². The molecule has 3 heteroatoms.